The molecular formula is C23H29N5O2. The predicted octanol–water partition coefficient (Wildman–Crippen LogP) is 3.73. The molecular weight excluding hydrogens is 378 g/mol. The molecule has 1 aliphatic rings. The first-order chi connectivity index (χ1) is 14.6. The fraction of sp³-hybridized carbons (Fsp3) is 0.478. The smallest absolute Gasteiger partial charge is 0.263 e. The lowest BCUT2D eigenvalue weighted by atomic mass is 10.1. The van der Waals surface area contributed by atoms with E-state index in [0.717, 1.165) is 54.8 Å². The van der Waals surface area contributed by atoms with Gasteiger partial charge in [-0.2, -0.15) is 4.98 Å². The Hall–Kier alpha value is -2.96. The molecule has 7 nitrogen and oxygen atoms in total. The summed E-state index contributed by atoms with van der Waals surface area (Å²) in [5, 5.41) is 7.95. The van der Waals surface area contributed by atoms with Gasteiger partial charge >= 0.3 is 0 Å². The van der Waals surface area contributed by atoms with Crippen molar-refractivity contribution in [3.05, 3.63) is 46.9 Å². The van der Waals surface area contributed by atoms with E-state index in [1.165, 1.54) is 12.0 Å². The number of aromatic nitrogens is 3. The highest BCUT2D eigenvalue weighted by molar-refractivity contribution is 5.88. The van der Waals surface area contributed by atoms with Gasteiger partial charge in [-0.1, -0.05) is 36.3 Å². The van der Waals surface area contributed by atoms with Gasteiger partial charge in [-0.15, -0.1) is 0 Å². The van der Waals surface area contributed by atoms with Crippen LogP contribution in [0.1, 0.15) is 55.3 Å². The molecule has 1 aliphatic heterocycles. The minimum atomic E-state index is -0.00784. The van der Waals surface area contributed by atoms with E-state index in [0.29, 0.717) is 30.9 Å². The van der Waals surface area contributed by atoms with Crippen LogP contribution in [0.15, 0.2) is 28.8 Å². The number of hydrogen-bond acceptors (Lipinski definition) is 6. The van der Waals surface area contributed by atoms with Gasteiger partial charge in [0.25, 0.3) is 5.71 Å². The SMILES string of the molecule is CCc1ccc(CNC(=O)CCc2nc(N3CCCCC3)c3c(C)noc3n2)cc1. The Balaban J connectivity index is 1.41. The first-order valence-electron chi connectivity index (χ1n) is 10.9. The van der Waals surface area contributed by atoms with Gasteiger partial charge in [0.15, 0.2) is 0 Å². The molecule has 0 radical (unpaired) electrons. The number of nitrogens with one attached hydrogen (secondary N) is 1. The maximum atomic E-state index is 12.4. The highest BCUT2D eigenvalue weighted by Crippen LogP contribution is 2.29. The lowest BCUT2D eigenvalue weighted by Gasteiger charge is -2.28. The van der Waals surface area contributed by atoms with E-state index in [1.807, 2.05) is 6.92 Å². The van der Waals surface area contributed by atoms with Crippen LogP contribution in [0.3, 0.4) is 0 Å². The standard InChI is InChI=1S/C23H29N5O2/c1-3-17-7-9-18(10-8-17)15-24-20(29)12-11-19-25-22(28-13-5-4-6-14-28)21-16(2)27-30-23(21)26-19/h7-10H,3-6,11-15H2,1-2H3,(H,24,29). The van der Waals surface area contributed by atoms with E-state index >= 15 is 0 Å². The molecule has 0 bridgehead atoms. The second-order valence-electron chi connectivity index (χ2n) is 7.91. The van der Waals surface area contributed by atoms with Crippen LogP contribution in [0.4, 0.5) is 5.82 Å². The molecule has 1 N–H and O–H groups in total. The predicted molar refractivity (Wildman–Crippen MR) is 116 cm³/mol. The van der Waals surface area contributed by atoms with Gasteiger partial charge in [0.1, 0.15) is 17.0 Å². The van der Waals surface area contributed by atoms with Crippen LogP contribution in [0.2, 0.25) is 0 Å². The second kappa shape index (κ2) is 9.24. The van der Waals surface area contributed by atoms with Crippen LogP contribution in [-0.2, 0) is 24.2 Å². The van der Waals surface area contributed by atoms with Crippen molar-refractivity contribution in [2.24, 2.45) is 0 Å². The van der Waals surface area contributed by atoms with Crippen LogP contribution < -0.4 is 10.2 Å². The maximum absolute atomic E-state index is 12.4. The van der Waals surface area contributed by atoms with Crippen LogP contribution >= 0.6 is 0 Å². The second-order valence-corrected chi connectivity index (χ2v) is 7.91. The Morgan fingerprint density at radius 3 is 2.57 bits per heavy atom. The Kier molecular flexibility index (Phi) is 6.26. The van der Waals surface area contributed by atoms with E-state index in [-0.39, 0.29) is 5.91 Å². The lowest BCUT2D eigenvalue weighted by Crippen LogP contribution is -2.30. The summed E-state index contributed by atoms with van der Waals surface area (Å²) in [4.78, 5) is 24.0. The topological polar surface area (TPSA) is 84.2 Å². The molecule has 2 aromatic heterocycles. The number of rotatable bonds is 7. The van der Waals surface area contributed by atoms with Crippen molar-refractivity contribution >= 4 is 22.8 Å². The summed E-state index contributed by atoms with van der Waals surface area (Å²) in [6, 6.07) is 8.33. The van der Waals surface area contributed by atoms with Crippen LogP contribution in [-0.4, -0.2) is 34.1 Å². The number of benzene rings is 1. The molecule has 7 heteroatoms. The van der Waals surface area contributed by atoms with Gasteiger partial charge in [0.05, 0.1) is 5.69 Å². The van der Waals surface area contributed by atoms with Crippen molar-refractivity contribution in [1.82, 2.24) is 20.4 Å². The number of hydrogen-bond donors (Lipinski definition) is 1. The van der Waals surface area contributed by atoms with E-state index in [2.05, 4.69) is 51.5 Å². The normalized spacial score (nSPS) is 14.3. The number of nitrogens with zero attached hydrogens (tertiary/aromatic N) is 4. The van der Waals surface area contributed by atoms with Crippen molar-refractivity contribution < 1.29 is 9.32 Å². The molecule has 1 saturated heterocycles. The first-order valence-corrected chi connectivity index (χ1v) is 10.9. The number of carbonyl (C=O) groups is 1. The number of piperidine rings is 1. The number of amides is 1. The summed E-state index contributed by atoms with van der Waals surface area (Å²) >= 11 is 0. The van der Waals surface area contributed by atoms with E-state index in [1.54, 1.807) is 0 Å². The lowest BCUT2D eigenvalue weighted by molar-refractivity contribution is -0.121. The van der Waals surface area contributed by atoms with Gasteiger partial charge in [-0.3, -0.25) is 4.79 Å². The molecule has 1 fully saturated rings. The zero-order valence-corrected chi connectivity index (χ0v) is 17.8. The average molecular weight is 408 g/mol. The quantitative estimate of drug-likeness (QED) is 0.642. The summed E-state index contributed by atoms with van der Waals surface area (Å²) < 4.78 is 5.42. The molecule has 30 heavy (non-hydrogen) atoms. The summed E-state index contributed by atoms with van der Waals surface area (Å²) in [7, 11) is 0. The van der Waals surface area contributed by atoms with Crippen molar-refractivity contribution in [1.29, 1.82) is 0 Å². The van der Waals surface area contributed by atoms with E-state index in [9.17, 15) is 4.79 Å². The van der Waals surface area contributed by atoms with E-state index in [4.69, 9.17) is 9.51 Å². The number of aryl methyl sites for hydroxylation is 3. The molecule has 0 spiro atoms. The monoisotopic (exact) mass is 407 g/mol. The largest absolute Gasteiger partial charge is 0.356 e. The van der Waals surface area contributed by atoms with Gasteiger partial charge in [-0.25, -0.2) is 4.98 Å². The molecule has 0 aliphatic carbocycles. The molecule has 4 rings (SSSR count). The minimum absolute atomic E-state index is 0.00784. The average Bonchev–Trinajstić information content (AvgIpc) is 3.17. The molecule has 0 atom stereocenters. The third-order valence-electron chi connectivity index (χ3n) is 5.69. The van der Waals surface area contributed by atoms with E-state index < -0.39 is 0 Å². The van der Waals surface area contributed by atoms with Crippen molar-refractivity contribution in [3.8, 4) is 0 Å². The highest BCUT2D eigenvalue weighted by atomic mass is 16.5. The molecule has 3 aromatic rings. The zero-order valence-electron chi connectivity index (χ0n) is 17.8. The van der Waals surface area contributed by atoms with Crippen molar-refractivity contribution in [2.75, 3.05) is 18.0 Å². The molecule has 0 saturated carbocycles. The number of carbonyl (C=O) groups excluding carboxylic acids is 1. The summed E-state index contributed by atoms with van der Waals surface area (Å²) in [5.41, 5.74) is 3.71. The first kappa shape index (κ1) is 20.3. The Morgan fingerprint density at radius 1 is 1.10 bits per heavy atom. The highest BCUT2D eigenvalue weighted by Gasteiger charge is 2.21. The minimum Gasteiger partial charge on any atom is -0.356 e. The Morgan fingerprint density at radius 2 is 1.83 bits per heavy atom. The molecule has 3 heterocycles. The van der Waals surface area contributed by atoms with Crippen LogP contribution in [0, 0.1) is 6.92 Å². The summed E-state index contributed by atoms with van der Waals surface area (Å²) in [6.07, 6.45) is 5.39. The van der Waals surface area contributed by atoms with Crippen molar-refractivity contribution in [2.45, 2.75) is 58.9 Å². The molecule has 158 valence electrons. The number of fused-ring (bicyclic) bond motifs is 1. The molecule has 1 amide bonds. The van der Waals surface area contributed by atoms with Gasteiger partial charge in [0.2, 0.25) is 5.91 Å². The number of anilines is 1. The van der Waals surface area contributed by atoms with Crippen LogP contribution in [0.25, 0.3) is 11.1 Å². The molecule has 1 aromatic carbocycles. The molecule has 0 unspecified atom stereocenters. The summed E-state index contributed by atoms with van der Waals surface area (Å²) in [6.45, 7) is 6.54. The van der Waals surface area contributed by atoms with Crippen molar-refractivity contribution in [3.63, 3.8) is 0 Å². The fourth-order valence-electron chi connectivity index (χ4n) is 3.87. The van der Waals surface area contributed by atoms with Crippen LogP contribution in [0.5, 0.6) is 0 Å². The maximum Gasteiger partial charge on any atom is 0.263 e. The fourth-order valence-corrected chi connectivity index (χ4v) is 3.87. The van der Waals surface area contributed by atoms with Gasteiger partial charge in [-0.05, 0) is 43.7 Å². The summed E-state index contributed by atoms with van der Waals surface area (Å²) in [5.74, 6) is 1.51. The van der Waals surface area contributed by atoms with Gasteiger partial charge < -0.3 is 14.7 Å². The Labute approximate surface area is 176 Å². The zero-order chi connectivity index (χ0) is 20.9. The third kappa shape index (κ3) is 4.61. The third-order valence-corrected chi connectivity index (χ3v) is 5.69. The van der Waals surface area contributed by atoms with Gasteiger partial charge in [0, 0.05) is 32.5 Å². The Bertz CT molecular complexity index is 1010.